The summed E-state index contributed by atoms with van der Waals surface area (Å²) < 4.78 is 0. The molecule has 1 fully saturated rings. The quantitative estimate of drug-likeness (QED) is 0.781. The van der Waals surface area contributed by atoms with Crippen LogP contribution < -0.4 is 10.2 Å². The average Bonchev–Trinajstić information content (AvgIpc) is 3.11. The van der Waals surface area contributed by atoms with Crippen LogP contribution in [0.4, 0.5) is 11.4 Å². The molecule has 1 saturated heterocycles. The van der Waals surface area contributed by atoms with E-state index in [2.05, 4.69) is 35.0 Å². The van der Waals surface area contributed by atoms with Crippen LogP contribution in [0.15, 0.2) is 48.5 Å². The van der Waals surface area contributed by atoms with Crippen LogP contribution >= 0.6 is 0 Å². The van der Waals surface area contributed by atoms with Gasteiger partial charge in [-0.05, 0) is 43.0 Å². The second-order valence-corrected chi connectivity index (χ2v) is 8.56. The lowest BCUT2D eigenvalue weighted by Gasteiger charge is -2.35. The maximum absolute atomic E-state index is 13.0. The van der Waals surface area contributed by atoms with E-state index >= 15 is 0 Å². The number of hydrogen-bond acceptors (Lipinski definition) is 4. The summed E-state index contributed by atoms with van der Waals surface area (Å²) in [6.07, 6.45) is 1.81. The number of para-hydroxylation sites is 2. The average molecular weight is 421 g/mol. The summed E-state index contributed by atoms with van der Waals surface area (Å²) in [5.74, 6) is 0.188. The van der Waals surface area contributed by atoms with Crippen LogP contribution in [-0.2, 0) is 22.4 Å². The number of amides is 2. The lowest BCUT2D eigenvalue weighted by Crippen LogP contribution is -2.52. The Morgan fingerprint density at radius 3 is 2.32 bits per heavy atom. The van der Waals surface area contributed by atoms with Gasteiger partial charge in [0.2, 0.25) is 11.8 Å². The number of benzene rings is 2. The first kappa shape index (κ1) is 21.5. The smallest absolute Gasteiger partial charge is 0.241 e. The van der Waals surface area contributed by atoms with Gasteiger partial charge in [-0.2, -0.15) is 0 Å². The molecular weight excluding hydrogens is 388 g/mol. The predicted octanol–water partition coefficient (Wildman–Crippen LogP) is 2.78. The summed E-state index contributed by atoms with van der Waals surface area (Å²) in [4.78, 5) is 31.9. The van der Waals surface area contributed by atoms with Gasteiger partial charge < -0.3 is 10.2 Å². The zero-order chi connectivity index (χ0) is 21.8. The van der Waals surface area contributed by atoms with Gasteiger partial charge in [0.15, 0.2) is 0 Å². The normalized spacial score (nSPS) is 19.3. The van der Waals surface area contributed by atoms with Crippen LogP contribution in [0.2, 0.25) is 0 Å². The Hall–Kier alpha value is -2.70. The summed E-state index contributed by atoms with van der Waals surface area (Å²) >= 11 is 0. The Kier molecular flexibility index (Phi) is 6.68. The van der Waals surface area contributed by atoms with Crippen LogP contribution in [0, 0.1) is 0 Å². The Morgan fingerprint density at radius 2 is 1.58 bits per heavy atom. The minimum atomic E-state index is 0.0212. The van der Waals surface area contributed by atoms with Gasteiger partial charge >= 0.3 is 0 Å². The number of piperazine rings is 1. The van der Waals surface area contributed by atoms with Gasteiger partial charge in [-0.3, -0.25) is 19.4 Å². The fourth-order valence-corrected chi connectivity index (χ4v) is 4.66. The largest absolute Gasteiger partial charge is 0.325 e. The number of hydrogen-bond donors (Lipinski definition) is 1. The minimum Gasteiger partial charge on any atom is -0.325 e. The van der Waals surface area contributed by atoms with E-state index in [1.807, 2.05) is 47.4 Å². The molecule has 2 amide bonds. The molecule has 0 spiro atoms. The highest BCUT2D eigenvalue weighted by Gasteiger charge is 2.32. The monoisotopic (exact) mass is 420 g/mol. The van der Waals surface area contributed by atoms with Gasteiger partial charge in [0.05, 0.1) is 13.1 Å². The third-order valence-corrected chi connectivity index (χ3v) is 6.34. The molecule has 31 heavy (non-hydrogen) atoms. The van der Waals surface area contributed by atoms with Crippen molar-refractivity contribution < 1.29 is 9.59 Å². The van der Waals surface area contributed by atoms with Crippen molar-refractivity contribution in [2.45, 2.75) is 32.7 Å². The highest BCUT2D eigenvalue weighted by molar-refractivity contribution is 5.97. The van der Waals surface area contributed by atoms with Crippen LogP contribution in [0.3, 0.4) is 0 Å². The van der Waals surface area contributed by atoms with Crippen molar-refractivity contribution >= 4 is 23.2 Å². The number of carbonyl (C=O) groups excluding carboxylic acids is 2. The van der Waals surface area contributed by atoms with E-state index in [0.717, 1.165) is 56.0 Å². The zero-order valence-electron chi connectivity index (χ0n) is 18.5. The first-order valence-corrected chi connectivity index (χ1v) is 11.3. The second-order valence-electron chi connectivity index (χ2n) is 8.56. The Bertz CT molecular complexity index is 937. The maximum Gasteiger partial charge on any atom is 0.241 e. The highest BCUT2D eigenvalue weighted by Crippen LogP contribution is 2.31. The summed E-state index contributed by atoms with van der Waals surface area (Å²) in [5, 5.41) is 3.05. The number of nitrogens with zero attached hydrogens (tertiary/aromatic N) is 3. The number of rotatable bonds is 6. The summed E-state index contributed by atoms with van der Waals surface area (Å²) in [6, 6.07) is 16.4. The van der Waals surface area contributed by atoms with Crippen molar-refractivity contribution in [1.29, 1.82) is 0 Å². The van der Waals surface area contributed by atoms with Crippen LogP contribution in [0.5, 0.6) is 0 Å². The zero-order valence-corrected chi connectivity index (χ0v) is 18.5. The first-order chi connectivity index (χ1) is 15.0. The van der Waals surface area contributed by atoms with Crippen molar-refractivity contribution in [2.24, 2.45) is 0 Å². The minimum absolute atomic E-state index is 0.0212. The van der Waals surface area contributed by atoms with E-state index in [1.165, 1.54) is 5.56 Å². The third kappa shape index (κ3) is 4.97. The predicted molar refractivity (Wildman–Crippen MR) is 124 cm³/mol. The topological polar surface area (TPSA) is 55.9 Å². The molecule has 1 N–H and O–H groups in total. The molecule has 0 aromatic heterocycles. The SMILES string of the molecule is CCc1ccccc1NC(=O)CN1CCN(CC(=O)N2c3ccccc3C[C@@H]2C)CC1. The molecule has 0 radical (unpaired) electrons. The first-order valence-electron chi connectivity index (χ1n) is 11.3. The lowest BCUT2D eigenvalue weighted by atomic mass is 10.1. The summed E-state index contributed by atoms with van der Waals surface area (Å²) in [5.41, 5.74) is 4.36. The van der Waals surface area contributed by atoms with Crippen LogP contribution in [0.1, 0.15) is 25.0 Å². The molecule has 6 heteroatoms. The molecule has 2 aromatic carbocycles. The number of carbonyl (C=O) groups is 2. The van der Waals surface area contributed by atoms with E-state index in [0.29, 0.717) is 13.1 Å². The highest BCUT2D eigenvalue weighted by atomic mass is 16.2. The summed E-state index contributed by atoms with van der Waals surface area (Å²) in [7, 11) is 0. The van der Waals surface area contributed by atoms with E-state index in [4.69, 9.17) is 0 Å². The fourth-order valence-electron chi connectivity index (χ4n) is 4.66. The van der Waals surface area contributed by atoms with Gasteiger partial charge in [-0.15, -0.1) is 0 Å². The van der Waals surface area contributed by atoms with Crippen molar-refractivity contribution in [3.63, 3.8) is 0 Å². The van der Waals surface area contributed by atoms with E-state index in [9.17, 15) is 9.59 Å². The van der Waals surface area contributed by atoms with E-state index < -0.39 is 0 Å². The molecule has 0 bridgehead atoms. The summed E-state index contributed by atoms with van der Waals surface area (Å²) in [6.45, 7) is 8.21. The van der Waals surface area contributed by atoms with Crippen molar-refractivity contribution in [2.75, 3.05) is 49.5 Å². The number of fused-ring (bicyclic) bond motifs is 1. The molecule has 2 aromatic rings. The van der Waals surface area contributed by atoms with Crippen molar-refractivity contribution in [3.8, 4) is 0 Å². The molecule has 0 saturated carbocycles. The van der Waals surface area contributed by atoms with Gasteiger partial charge in [-0.1, -0.05) is 43.3 Å². The Labute approximate surface area is 184 Å². The van der Waals surface area contributed by atoms with E-state index in [-0.39, 0.29) is 17.9 Å². The van der Waals surface area contributed by atoms with E-state index in [1.54, 1.807) is 0 Å². The molecule has 6 nitrogen and oxygen atoms in total. The van der Waals surface area contributed by atoms with Gasteiger partial charge in [0.25, 0.3) is 0 Å². The Morgan fingerprint density at radius 1 is 0.935 bits per heavy atom. The lowest BCUT2D eigenvalue weighted by molar-refractivity contribution is -0.121. The van der Waals surface area contributed by atoms with Crippen LogP contribution in [-0.4, -0.2) is 66.9 Å². The molecule has 0 unspecified atom stereocenters. The fraction of sp³-hybridized carbons (Fsp3) is 0.440. The Balaban J connectivity index is 1.25. The second kappa shape index (κ2) is 9.62. The molecule has 2 heterocycles. The van der Waals surface area contributed by atoms with Crippen molar-refractivity contribution in [3.05, 3.63) is 59.7 Å². The molecule has 0 aliphatic carbocycles. The molecular formula is C25H32N4O2. The van der Waals surface area contributed by atoms with Gasteiger partial charge in [-0.25, -0.2) is 0 Å². The third-order valence-electron chi connectivity index (χ3n) is 6.34. The number of anilines is 2. The maximum atomic E-state index is 13.0. The van der Waals surface area contributed by atoms with Gasteiger partial charge in [0, 0.05) is 43.6 Å². The van der Waals surface area contributed by atoms with Crippen molar-refractivity contribution in [1.82, 2.24) is 9.80 Å². The van der Waals surface area contributed by atoms with Crippen LogP contribution in [0.25, 0.3) is 0 Å². The molecule has 164 valence electrons. The molecule has 2 aliphatic heterocycles. The van der Waals surface area contributed by atoms with Gasteiger partial charge in [0.1, 0.15) is 0 Å². The molecule has 4 rings (SSSR count). The molecule has 1 atom stereocenters. The number of aryl methyl sites for hydroxylation is 1. The number of nitrogens with one attached hydrogen (secondary N) is 1. The molecule has 2 aliphatic rings. The standard InChI is InChI=1S/C25H32N4O2/c1-3-20-8-4-6-10-22(20)26-24(30)17-27-12-14-28(15-13-27)18-25(31)29-19(2)16-21-9-5-7-11-23(21)29/h4-11,19H,3,12-18H2,1-2H3,(H,26,30)/t19-/m0/s1.